The molecule has 0 aliphatic rings. The maximum absolute atomic E-state index is 11.6. The van der Waals surface area contributed by atoms with Gasteiger partial charge in [0.2, 0.25) is 0 Å². The van der Waals surface area contributed by atoms with E-state index in [1.165, 1.54) is 5.56 Å². The lowest BCUT2D eigenvalue weighted by Crippen LogP contribution is -2.37. The van der Waals surface area contributed by atoms with Gasteiger partial charge in [-0.25, -0.2) is 4.79 Å². The van der Waals surface area contributed by atoms with Crippen LogP contribution in [-0.4, -0.2) is 30.6 Å². The molecule has 0 fully saturated rings. The number of nitrogens with zero attached hydrogens (tertiary/aromatic N) is 1. The van der Waals surface area contributed by atoms with Crippen LogP contribution in [0.15, 0.2) is 24.3 Å². The normalized spacial score (nSPS) is 11.0. The summed E-state index contributed by atoms with van der Waals surface area (Å²) in [6.45, 7) is 12.9. The predicted octanol–water partition coefficient (Wildman–Crippen LogP) is 2.98. The van der Waals surface area contributed by atoms with Crippen molar-refractivity contribution in [2.24, 2.45) is 5.92 Å². The van der Waals surface area contributed by atoms with Gasteiger partial charge >= 0.3 is 6.03 Å². The van der Waals surface area contributed by atoms with E-state index < -0.39 is 0 Å². The van der Waals surface area contributed by atoms with Gasteiger partial charge in [0.15, 0.2) is 0 Å². The molecule has 2 amide bonds. The van der Waals surface area contributed by atoms with Gasteiger partial charge in [0.25, 0.3) is 0 Å². The Bertz CT molecular complexity index is 411. The topological polar surface area (TPSA) is 44.4 Å². The predicted molar refractivity (Wildman–Crippen MR) is 88.1 cm³/mol. The summed E-state index contributed by atoms with van der Waals surface area (Å²) in [7, 11) is 0. The Hall–Kier alpha value is -1.55. The molecule has 0 aromatic heterocycles. The van der Waals surface area contributed by atoms with E-state index in [2.05, 4.69) is 67.5 Å². The van der Waals surface area contributed by atoms with Crippen LogP contribution in [0.1, 0.15) is 38.8 Å². The molecule has 0 unspecified atom stereocenters. The highest BCUT2D eigenvalue weighted by Crippen LogP contribution is 2.07. The Morgan fingerprint density at radius 2 is 1.62 bits per heavy atom. The molecule has 1 rings (SSSR count). The molecule has 2 N–H and O–H groups in total. The molecule has 0 spiro atoms. The van der Waals surface area contributed by atoms with E-state index in [0.717, 1.165) is 25.2 Å². The molecule has 0 atom stereocenters. The largest absolute Gasteiger partial charge is 0.338 e. The van der Waals surface area contributed by atoms with Crippen molar-refractivity contribution in [3.8, 4) is 0 Å². The maximum atomic E-state index is 11.6. The maximum Gasteiger partial charge on any atom is 0.315 e. The summed E-state index contributed by atoms with van der Waals surface area (Å²) in [6.07, 6.45) is 0. The fraction of sp³-hybridized carbons (Fsp3) is 0.588. The number of rotatable bonds is 8. The van der Waals surface area contributed by atoms with Crippen molar-refractivity contribution in [3.05, 3.63) is 35.4 Å². The second-order valence-corrected chi connectivity index (χ2v) is 5.74. The van der Waals surface area contributed by atoms with Crippen LogP contribution in [0.4, 0.5) is 4.79 Å². The first kappa shape index (κ1) is 17.5. The molecule has 0 heterocycles. The lowest BCUT2D eigenvalue weighted by atomic mass is 10.1. The number of carbonyl (C=O) groups is 1. The van der Waals surface area contributed by atoms with Crippen LogP contribution < -0.4 is 10.6 Å². The highest BCUT2D eigenvalue weighted by molar-refractivity contribution is 5.73. The number of amides is 2. The van der Waals surface area contributed by atoms with Gasteiger partial charge in [0, 0.05) is 19.6 Å². The van der Waals surface area contributed by atoms with E-state index in [0.29, 0.717) is 19.0 Å². The van der Waals surface area contributed by atoms with Crippen LogP contribution in [0, 0.1) is 5.92 Å². The molecule has 4 nitrogen and oxygen atoms in total. The Morgan fingerprint density at radius 1 is 1.05 bits per heavy atom. The van der Waals surface area contributed by atoms with Crippen LogP contribution in [0.25, 0.3) is 0 Å². The monoisotopic (exact) mass is 291 g/mol. The van der Waals surface area contributed by atoms with Gasteiger partial charge in [-0.2, -0.15) is 0 Å². The second kappa shape index (κ2) is 9.40. The molecule has 1 aromatic carbocycles. The molecule has 21 heavy (non-hydrogen) atoms. The minimum Gasteiger partial charge on any atom is -0.338 e. The first-order valence-corrected chi connectivity index (χ1v) is 7.87. The molecule has 4 heteroatoms. The van der Waals surface area contributed by atoms with Crippen LogP contribution in [-0.2, 0) is 13.1 Å². The molecule has 0 bridgehead atoms. The van der Waals surface area contributed by atoms with Gasteiger partial charge in [0.05, 0.1) is 0 Å². The lowest BCUT2D eigenvalue weighted by Gasteiger charge is -2.18. The molecule has 118 valence electrons. The van der Waals surface area contributed by atoms with Crippen LogP contribution in [0.2, 0.25) is 0 Å². The zero-order valence-electron chi connectivity index (χ0n) is 13.8. The van der Waals surface area contributed by atoms with Crippen molar-refractivity contribution in [2.75, 3.05) is 19.6 Å². The zero-order chi connectivity index (χ0) is 15.7. The Balaban J connectivity index is 2.39. The minimum absolute atomic E-state index is 0.101. The SMILES string of the molecule is CCN(CC)Cc1ccc(CNC(=O)NCC(C)C)cc1. The lowest BCUT2D eigenvalue weighted by molar-refractivity contribution is 0.239. The first-order chi connectivity index (χ1) is 10.0. The first-order valence-electron chi connectivity index (χ1n) is 7.87. The smallest absolute Gasteiger partial charge is 0.315 e. The zero-order valence-corrected chi connectivity index (χ0v) is 13.8. The van der Waals surface area contributed by atoms with E-state index in [1.54, 1.807) is 0 Å². The number of urea groups is 1. The van der Waals surface area contributed by atoms with Gasteiger partial charge < -0.3 is 10.6 Å². The molecule has 0 radical (unpaired) electrons. The third-order valence-electron chi connectivity index (χ3n) is 3.45. The van der Waals surface area contributed by atoms with Crippen LogP contribution in [0.5, 0.6) is 0 Å². The van der Waals surface area contributed by atoms with Gasteiger partial charge in [-0.15, -0.1) is 0 Å². The Kier molecular flexibility index (Phi) is 7.83. The number of benzene rings is 1. The summed E-state index contributed by atoms with van der Waals surface area (Å²) < 4.78 is 0. The van der Waals surface area contributed by atoms with Crippen molar-refractivity contribution in [1.29, 1.82) is 0 Å². The third-order valence-corrected chi connectivity index (χ3v) is 3.45. The highest BCUT2D eigenvalue weighted by Gasteiger charge is 2.03. The van der Waals surface area contributed by atoms with Crippen LogP contribution in [0.3, 0.4) is 0 Å². The summed E-state index contributed by atoms with van der Waals surface area (Å²) in [5.41, 5.74) is 2.43. The molecule has 0 aliphatic heterocycles. The summed E-state index contributed by atoms with van der Waals surface area (Å²) in [6, 6.07) is 8.35. The molecule has 0 aliphatic carbocycles. The van der Waals surface area contributed by atoms with E-state index >= 15 is 0 Å². The number of hydrogen-bond donors (Lipinski definition) is 2. The van der Waals surface area contributed by atoms with Crippen LogP contribution >= 0.6 is 0 Å². The summed E-state index contributed by atoms with van der Waals surface area (Å²) in [5, 5.41) is 5.72. The second-order valence-electron chi connectivity index (χ2n) is 5.74. The van der Waals surface area contributed by atoms with Gasteiger partial charge in [-0.3, -0.25) is 4.90 Å². The quantitative estimate of drug-likeness (QED) is 0.773. The number of nitrogens with one attached hydrogen (secondary N) is 2. The molecule has 0 saturated carbocycles. The Morgan fingerprint density at radius 3 is 2.14 bits per heavy atom. The molecule has 1 aromatic rings. The van der Waals surface area contributed by atoms with Crippen molar-refractivity contribution >= 4 is 6.03 Å². The van der Waals surface area contributed by atoms with E-state index in [4.69, 9.17) is 0 Å². The fourth-order valence-electron chi connectivity index (χ4n) is 2.01. The third kappa shape index (κ3) is 7.14. The van der Waals surface area contributed by atoms with E-state index in [-0.39, 0.29) is 6.03 Å². The van der Waals surface area contributed by atoms with Crippen molar-refractivity contribution in [3.63, 3.8) is 0 Å². The minimum atomic E-state index is -0.101. The molecular formula is C17H29N3O. The fourth-order valence-corrected chi connectivity index (χ4v) is 2.01. The molecule has 0 saturated heterocycles. The number of hydrogen-bond acceptors (Lipinski definition) is 2. The van der Waals surface area contributed by atoms with E-state index in [9.17, 15) is 4.79 Å². The van der Waals surface area contributed by atoms with Crippen molar-refractivity contribution in [2.45, 2.75) is 40.8 Å². The molecular weight excluding hydrogens is 262 g/mol. The highest BCUT2D eigenvalue weighted by atomic mass is 16.2. The van der Waals surface area contributed by atoms with Gasteiger partial charge in [-0.1, -0.05) is 52.0 Å². The van der Waals surface area contributed by atoms with Gasteiger partial charge in [0.1, 0.15) is 0 Å². The average Bonchev–Trinajstić information content (AvgIpc) is 2.49. The number of carbonyl (C=O) groups excluding carboxylic acids is 1. The average molecular weight is 291 g/mol. The summed E-state index contributed by atoms with van der Waals surface area (Å²) in [5.74, 6) is 0.468. The summed E-state index contributed by atoms with van der Waals surface area (Å²) in [4.78, 5) is 14.0. The van der Waals surface area contributed by atoms with E-state index in [1.807, 2.05) is 0 Å². The summed E-state index contributed by atoms with van der Waals surface area (Å²) >= 11 is 0. The Labute approximate surface area is 128 Å². The van der Waals surface area contributed by atoms with Gasteiger partial charge in [-0.05, 0) is 30.1 Å². The standard InChI is InChI=1S/C17H29N3O/c1-5-20(6-2)13-16-9-7-15(8-10-16)12-19-17(21)18-11-14(3)4/h7-10,14H,5-6,11-13H2,1-4H3,(H2,18,19,21). The van der Waals surface area contributed by atoms with Crippen molar-refractivity contribution < 1.29 is 4.79 Å². The van der Waals surface area contributed by atoms with Crippen molar-refractivity contribution in [1.82, 2.24) is 15.5 Å².